The summed E-state index contributed by atoms with van der Waals surface area (Å²) in [5.74, 6) is 0.852. The monoisotopic (exact) mass is 272 g/mol. The van der Waals surface area contributed by atoms with Crippen molar-refractivity contribution in [1.29, 1.82) is 0 Å². The van der Waals surface area contributed by atoms with E-state index < -0.39 is 0 Å². The van der Waals surface area contributed by atoms with E-state index in [4.69, 9.17) is 5.73 Å². The molecular formula is C15H20N4O. The van der Waals surface area contributed by atoms with Crippen molar-refractivity contribution in [3.8, 4) is 0 Å². The van der Waals surface area contributed by atoms with Gasteiger partial charge in [-0.05, 0) is 30.5 Å². The zero-order valence-electron chi connectivity index (χ0n) is 12.1. The second kappa shape index (κ2) is 5.77. The van der Waals surface area contributed by atoms with Gasteiger partial charge in [0.1, 0.15) is 0 Å². The third-order valence-corrected chi connectivity index (χ3v) is 3.01. The van der Waals surface area contributed by atoms with E-state index in [9.17, 15) is 4.79 Å². The Morgan fingerprint density at radius 3 is 2.90 bits per heavy atom. The molecule has 5 heteroatoms. The van der Waals surface area contributed by atoms with E-state index in [0.717, 1.165) is 12.1 Å². The van der Waals surface area contributed by atoms with E-state index in [1.807, 2.05) is 23.8 Å². The lowest BCUT2D eigenvalue weighted by molar-refractivity contribution is 0.102. The molecule has 0 radical (unpaired) electrons. The number of nitrogens with two attached hydrogens (primary N) is 1. The van der Waals surface area contributed by atoms with Crippen LogP contribution in [0.4, 0.5) is 11.6 Å². The molecule has 2 aromatic rings. The Labute approximate surface area is 118 Å². The number of amides is 1. The molecule has 0 aliphatic heterocycles. The predicted octanol–water partition coefficient (Wildman–Crippen LogP) is 2.68. The molecule has 2 rings (SSSR count). The van der Waals surface area contributed by atoms with Crippen LogP contribution in [-0.2, 0) is 6.54 Å². The van der Waals surface area contributed by atoms with E-state index >= 15 is 0 Å². The van der Waals surface area contributed by atoms with Crippen molar-refractivity contribution in [2.24, 2.45) is 5.92 Å². The summed E-state index contributed by atoms with van der Waals surface area (Å²) in [6.45, 7) is 6.93. The van der Waals surface area contributed by atoms with Gasteiger partial charge in [0.05, 0.1) is 0 Å². The molecule has 0 saturated carbocycles. The second-order valence-corrected chi connectivity index (χ2v) is 5.33. The number of carbonyl (C=O) groups is 1. The first-order valence-corrected chi connectivity index (χ1v) is 6.66. The van der Waals surface area contributed by atoms with Gasteiger partial charge in [0.15, 0.2) is 0 Å². The Balaban J connectivity index is 2.20. The molecule has 0 fully saturated rings. The van der Waals surface area contributed by atoms with Crippen molar-refractivity contribution < 1.29 is 4.79 Å². The number of aromatic nitrogens is 2. The number of nitrogen functional groups attached to an aromatic ring is 1. The van der Waals surface area contributed by atoms with Crippen LogP contribution >= 0.6 is 0 Å². The average Bonchev–Trinajstić information content (AvgIpc) is 2.78. The van der Waals surface area contributed by atoms with Gasteiger partial charge >= 0.3 is 0 Å². The minimum Gasteiger partial charge on any atom is -0.399 e. The van der Waals surface area contributed by atoms with Crippen molar-refractivity contribution in [2.45, 2.75) is 27.3 Å². The molecule has 1 aromatic carbocycles. The highest BCUT2D eigenvalue weighted by molar-refractivity contribution is 6.05. The summed E-state index contributed by atoms with van der Waals surface area (Å²) in [4.78, 5) is 16.5. The third kappa shape index (κ3) is 3.17. The molecule has 5 nitrogen and oxygen atoms in total. The molecule has 0 bridgehead atoms. The molecule has 0 unspecified atom stereocenters. The molecule has 1 amide bonds. The van der Waals surface area contributed by atoms with Gasteiger partial charge in [-0.3, -0.25) is 10.1 Å². The SMILES string of the molecule is Cc1ccc(N)cc1C(=O)Nc1nccn1CC(C)C. The van der Waals surface area contributed by atoms with Crippen LogP contribution in [0.5, 0.6) is 0 Å². The highest BCUT2D eigenvalue weighted by Gasteiger charge is 2.13. The van der Waals surface area contributed by atoms with Crippen molar-refractivity contribution in [3.05, 3.63) is 41.7 Å². The summed E-state index contributed by atoms with van der Waals surface area (Å²) in [5.41, 5.74) is 7.77. The normalized spacial score (nSPS) is 10.8. The number of rotatable bonds is 4. The largest absolute Gasteiger partial charge is 0.399 e. The van der Waals surface area contributed by atoms with Crippen molar-refractivity contribution >= 4 is 17.5 Å². The number of hydrogen-bond donors (Lipinski definition) is 2. The van der Waals surface area contributed by atoms with E-state index in [-0.39, 0.29) is 5.91 Å². The van der Waals surface area contributed by atoms with Crippen LogP contribution in [0.3, 0.4) is 0 Å². The first kappa shape index (κ1) is 14.1. The van der Waals surface area contributed by atoms with Crippen LogP contribution in [-0.4, -0.2) is 15.5 Å². The number of nitrogens with one attached hydrogen (secondary N) is 1. The maximum absolute atomic E-state index is 12.3. The number of aryl methyl sites for hydroxylation is 1. The number of hydrogen-bond acceptors (Lipinski definition) is 3. The zero-order valence-corrected chi connectivity index (χ0v) is 12.1. The molecule has 0 saturated heterocycles. The number of benzene rings is 1. The number of imidazole rings is 1. The molecule has 1 aromatic heterocycles. The average molecular weight is 272 g/mol. The van der Waals surface area contributed by atoms with E-state index in [1.54, 1.807) is 18.3 Å². The molecule has 20 heavy (non-hydrogen) atoms. The van der Waals surface area contributed by atoms with Gasteiger partial charge in [0.25, 0.3) is 5.91 Å². The predicted molar refractivity (Wildman–Crippen MR) is 80.6 cm³/mol. The van der Waals surface area contributed by atoms with Crippen LogP contribution in [0.25, 0.3) is 0 Å². The van der Waals surface area contributed by atoms with Crippen LogP contribution in [0.1, 0.15) is 29.8 Å². The molecule has 0 atom stereocenters. The third-order valence-electron chi connectivity index (χ3n) is 3.01. The lowest BCUT2D eigenvalue weighted by atomic mass is 10.1. The Bertz CT molecular complexity index is 616. The van der Waals surface area contributed by atoms with E-state index in [1.165, 1.54) is 0 Å². The lowest BCUT2D eigenvalue weighted by Crippen LogP contribution is -2.18. The minimum atomic E-state index is -0.189. The molecular weight excluding hydrogens is 252 g/mol. The fourth-order valence-electron chi connectivity index (χ4n) is 2.03. The molecule has 1 heterocycles. The molecule has 0 spiro atoms. The van der Waals surface area contributed by atoms with Crippen molar-refractivity contribution in [2.75, 3.05) is 11.1 Å². The lowest BCUT2D eigenvalue weighted by Gasteiger charge is -2.12. The smallest absolute Gasteiger partial charge is 0.258 e. The van der Waals surface area contributed by atoms with Gasteiger partial charge in [0.2, 0.25) is 5.95 Å². The summed E-state index contributed by atoms with van der Waals surface area (Å²) in [7, 11) is 0. The van der Waals surface area contributed by atoms with Crippen molar-refractivity contribution in [3.63, 3.8) is 0 Å². The van der Waals surface area contributed by atoms with Crippen LogP contribution in [0.15, 0.2) is 30.6 Å². The number of carbonyl (C=O) groups excluding carboxylic acids is 1. The van der Waals surface area contributed by atoms with Crippen molar-refractivity contribution in [1.82, 2.24) is 9.55 Å². The fourth-order valence-corrected chi connectivity index (χ4v) is 2.03. The molecule has 0 aliphatic carbocycles. The Kier molecular flexibility index (Phi) is 4.08. The van der Waals surface area contributed by atoms with Gasteiger partial charge in [-0.15, -0.1) is 0 Å². The van der Waals surface area contributed by atoms with Gasteiger partial charge in [-0.1, -0.05) is 19.9 Å². The summed E-state index contributed by atoms with van der Waals surface area (Å²) in [6.07, 6.45) is 3.55. The Morgan fingerprint density at radius 1 is 1.45 bits per heavy atom. The van der Waals surface area contributed by atoms with Gasteiger partial charge in [-0.25, -0.2) is 4.98 Å². The fraction of sp³-hybridized carbons (Fsp3) is 0.333. The highest BCUT2D eigenvalue weighted by atomic mass is 16.1. The van der Waals surface area contributed by atoms with Crippen LogP contribution < -0.4 is 11.1 Å². The minimum absolute atomic E-state index is 0.189. The van der Waals surface area contributed by atoms with Gasteiger partial charge in [-0.2, -0.15) is 0 Å². The zero-order chi connectivity index (χ0) is 14.7. The van der Waals surface area contributed by atoms with Gasteiger partial charge < -0.3 is 10.3 Å². The maximum Gasteiger partial charge on any atom is 0.258 e. The Hall–Kier alpha value is -2.30. The first-order chi connectivity index (χ1) is 9.47. The number of nitrogens with zero attached hydrogens (tertiary/aromatic N) is 2. The summed E-state index contributed by atoms with van der Waals surface area (Å²) < 4.78 is 1.93. The summed E-state index contributed by atoms with van der Waals surface area (Å²) in [5, 5.41) is 2.84. The molecule has 0 aliphatic rings. The molecule has 3 N–H and O–H groups in total. The molecule has 106 valence electrons. The number of anilines is 2. The maximum atomic E-state index is 12.3. The summed E-state index contributed by atoms with van der Waals surface area (Å²) in [6, 6.07) is 5.30. The second-order valence-electron chi connectivity index (χ2n) is 5.33. The quantitative estimate of drug-likeness (QED) is 0.840. The van der Waals surface area contributed by atoms with E-state index in [2.05, 4.69) is 24.1 Å². The summed E-state index contributed by atoms with van der Waals surface area (Å²) >= 11 is 0. The van der Waals surface area contributed by atoms with Crippen LogP contribution in [0, 0.1) is 12.8 Å². The highest BCUT2D eigenvalue weighted by Crippen LogP contribution is 2.15. The first-order valence-electron chi connectivity index (χ1n) is 6.66. The topological polar surface area (TPSA) is 72.9 Å². The van der Waals surface area contributed by atoms with Gasteiger partial charge in [0, 0.05) is 30.2 Å². The van der Waals surface area contributed by atoms with E-state index in [0.29, 0.717) is 23.1 Å². The Morgan fingerprint density at radius 2 is 2.20 bits per heavy atom. The standard InChI is InChI=1S/C15H20N4O/c1-10(2)9-19-7-6-17-15(19)18-14(20)13-8-12(16)5-4-11(13)3/h4-8,10H,9,16H2,1-3H3,(H,17,18,20). The van der Waals surface area contributed by atoms with Crippen LogP contribution in [0.2, 0.25) is 0 Å².